The highest BCUT2D eigenvalue weighted by molar-refractivity contribution is 5.33. The molecule has 82 valence electrons. The Labute approximate surface area is 90.1 Å². The van der Waals surface area contributed by atoms with Gasteiger partial charge >= 0.3 is 0 Å². The molecule has 15 heavy (non-hydrogen) atoms. The molecule has 0 aliphatic heterocycles. The lowest BCUT2D eigenvalue weighted by Gasteiger charge is -2.10. The van der Waals surface area contributed by atoms with Crippen molar-refractivity contribution in [3.8, 4) is 0 Å². The van der Waals surface area contributed by atoms with Crippen molar-refractivity contribution in [1.29, 1.82) is 0 Å². The summed E-state index contributed by atoms with van der Waals surface area (Å²) < 4.78 is 0. The van der Waals surface area contributed by atoms with Gasteiger partial charge in [0.25, 0.3) is 0 Å². The highest BCUT2D eigenvalue weighted by Gasteiger charge is 2.15. The summed E-state index contributed by atoms with van der Waals surface area (Å²) in [6.07, 6.45) is 6.67. The van der Waals surface area contributed by atoms with Crippen molar-refractivity contribution >= 4 is 5.95 Å². The first kappa shape index (κ1) is 10.4. The number of hydrogen-bond donors (Lipinski definition) is 2. The molecule has 0 bridgehead atoms. The summed E-state index contributed by atoms with van der Waals surface area (Å²) in [5.41, 5.74) is 14.8. The predicted molar refractivity (Wildman–Crippen MR) is 60.5 cm³/mol. The average Bonchev–Trinajstić information content (AvgIpc) is 2.43. The molecule has 0 aromatic carbocycles. The molecule has 0 radical (unpaired) electrons. The second-order valence-corrected chi connectivity index (χ2v) is 4.05. The molecule has 2 rings (SSSR count). The largest absolute Gasteiger partial charge is 0.368 e. The van der Waals surface area contributed by atoms with E-state index in [0.717, 1.165) is 30.7 Å². The Morgan fingerprint density at radius 3 is 2.67 bits per heavy atom. The van der Waals surface area contributed by atoms with Gasteiger partial charge in [-0.25, -0.2) is 9.97 Å². The van der Waals surface area contributed by atoms with Gasteiger partial charge in [-0.3, -0.25) is 0 Å². The van der Waals surface area contributed by atoms with Crippen molar-refractivity contribution in [1.82, 2.24) is 9.97 Å². The van der Waals surface area contributed by atoms with Gasteiger partial charge in [-0.05, 0) is 37.8 Å². The van der Waals surface area contributed by atoms with E-state index in [2.05, 4.69) is 9.97 Å². The zero-order valence-electron chi connectivity index (χ0n) is 9.00. The fourth-order valence-electron chi connectivity index (χ4n) is 2.21. The molecule has 4 heteroatoms. The minimum absolute atomic E-state index is 0.402. The quantitative estimate of drug-likeness (QED) is 0.702. The summed E-state index contributed by atoms with van der Waals surface area (Å²) in [7, 11) is 0. The number of anilines is 1. The van der Waals surface area contributed by atoms with Crippen LogP contribution in [-0.2, 0) is 19.3 Å². The van der Waals surface area contributed by atoms with E-state index in [1.165, 1.54) is 24.8 Å². The smallest absolute Gasteiger partial charge is 0.220 e. The maximum absolute atomic E-state index is 5.70. The predicted octanol–water partition coefficient (Wildman–Crippen LogP) is 0.829. The molecule has 0 atom stereocenters. The van der Waals surface area contributed by atoms with Crippen LogP contribution < -0.4 is 11.5 Å². The highest BCUT2D eigenvalue weighted by atomic mass is 15.0. The number of rotatable bonds is 2. The molecule has 1 aromatic rings. The molecule has 1 heterocycles. The lowest BCUT2D eigenvalue weighted by atomic mass is 10.0. The minimum Gasteiger partial charge on any atom is -0.368 e. The third-order valence-electron chi connectivity index (χ3n) is 2.92. The molecule has 0 fully saturated rings. The number of aryl methyl sites for hydroxylation is 1. The van der Waals surface area contributed by atoms with E-state index in [-0.39, 0.29) is 0 Å². The number of hydrogen-bond acceptors (Lipinski definition) is 4. The van der Waals surface area contributed by atoms with Gasteiger partial charge in [-0.1, -0.05) is 6.42 Å². The molecule has 0 unspecified atom stereocenters. The summed E-state index contributed by atoms with van der Waals surface area (Å²) in [6.45, 7) is 0.628. The van der Waals surface area contributed by atoms with Crippen LogP contribution in [0.5, 0.6) is 0 Å². The molecule has 1 aliphatic rings. The van der Waals surface area contributed by atoms with Crippen LogP contribution in [0.2, 0.25) is 0 Å². The second-order valence-electron chi connectivity index (χ2n) is 4.05. The summed E-state index contributed by atoms with van der Waals surface area (Å²) in [6, 6.07) is 0. The fraction of sp³-hybridized carbons (Fsp3) is 0.636. The number of nitrogens with two attached hydrogens (primary N) is 2. The Hall–Kier alpha value is -1.16. The van der Waals surface area contributed by atoms with Gasteiger partial charge in [0.05, 0.1) is 5.69 Å². The molecular formula is C11H18N4. The van der Waals surface area contributed by atoms with Crippen LogP contribution in [0.1, 0.15) is 36.2 Å². The first-order valence-corrected chi connectivity index (χ1v) is 5.65. The topological polar surface area (TPSA) is 77.8 Å². The SMILES string of the molecule is NCCc1nc(N)nc2c1CCCCC2. The van der Waals surface area contributed by atoms with Gasteiger partial charge in [0, 0.05) is 12.1 Å². The van der Waals surface area contributed by atoms with Gasteiger partial charge in [0.1, 0.15) is 0 Å². The van der Waals surface area contributed by atoms with E-state index in [1.807, 2.05) is 0 Å². The summed E-state index contributed by atoms with van der Waals surface area (Å²) in [5.74, 6) is 0.402. The van der Waals surface area contributed by atoms with Crippen LogP contribution in [0.3, 0.4) is 0 Å². The van der Waals surface area contributed by atoms with Gasteiger partial charge in [0.15, 0.2) is 0 Å². The van der Waals surface area contributed by atoms with Gasteiger partial charge in [0.2, 0.25) is 5.95 Å². The number of nitrogens with zero attached hydrogens (tertiary/aromatic N) is 2. The van der Waals surface area contributed by atoms with Crippen molar-refractivity contribution in [2.24, 2.45) is 5.73 Å². The van der Waals surface area contributed by atoms with Gasteiger partial charge in [-0.15, -0.1) is 0 Å². The molecule has 0 amide bonds. The third-order valence-corrected chi connectivity index (χ3v) is 2.92. The zero-order valence-corrected chi connectivity index (χ0v) is 9.00. The lowest BCUT2D eigenvalue weighted by Crippen LogP contribution is -2.12. The van der Waals surface area contributed by atoms with Crippen molar-refractivity contribution in [2.75, 3.05) is 12.3 Å². The number of fused-ring (bicyclic) bond motifs is 1. The summed E-state index contributed by atoms with van der Waals surface area (Å²) in [5, 5.41) is 0. The Balaban J connectivity index is 2.40. The Morgan fingerprint density at radius 2 is 1.87 bits per heavy atom. The Morgan fingerprint density at radius 1 is 1.07 bits per heavy atom. The summed E-state index contributed by atoms with van der Waals surface area (Å²) in [4.78, 5) is 8.65. The number of aromatic nitrogens is 2. The summed E-state index contributed by atoms with van der Waals surface area (Å²) >= 11 is 0. The second kappa shape index (κ2) is 4.57. The first-order valence-electron chi connectivity index (χ1n) is 5.65. The molecule has 0 saturated carbocycles. The Kier molecular flexibility index (Phi) is 3.16. The van der Waals surface area contributed by atoms with Gasteiger partial charge in [-0.2, -0.15) is 0 Å². The van der Waals surface area contributed by atoms with E-state index in [1.54, 1.807) is 0 Å². The van der Waals surface area contributed by atoms with Gasteiger partial charge < -0.3 is 11.5 Å². The van der Waals surface area contributed by atoms with Crippen LogP contribution in [0.25, 0.3) is 0 Å². The van der Waals surface area contributed by atoms with Crippen LogP contribution in [0.15, 0.2) is 0 Å². The molecule has 0 saturated heterocycles. The third kappa shape index (κ3) is 2.26. The molecule has 0 spiro atoms. The monoisotopic (exact) mass is 206 g/mol. The molecule has 4 N–H and O–H groups in total. The van der Waals surface area contributed by atoms with E-state index in [0.29, 0.717) is 12.5 Å². The normalized spacial score (nSPS) is 15.8. The van der Waals surface area contributed by atoms with E-state index < -0.39 is 0 Å². The maximum atomic E-state index is 5.70. The highest BCUT2D eigenvalue weighted by Crippen LogP contribution is 2.22. The van der Waals surface area contributed by atoms with Crippen LogP contribution in [0, 0.1) is 0 Å². The zero-order chi connectivity index (χ0) is 10.7. The van der Waals surface area contributed by atoms with Crippen LogP contribution in [0.4, 0.5) is 5.95 Å². The van der Waals surface area contributed by atoms with Crippen molar-refractivity contribution in [3.63, 3.8) is 0 Å². The van der Waals surface area contributed by atoms with Crippen molar-refractivity contribution in [3.05, 3.63) is 17.0 Å². The standard InChI is InChI=1S/C11H18N4/c12-7-6-10-8-4-2-1-3-5-9(8)14-11(13)15-10/h1-7,12H2,(H2,13,14,15). The Bertz CT molecular complexity index is 349. The fourth-order valence-corrected chi connectivity index (χ4v) is 2.21. The van der Waals surface area contributed by atoms with E-state index in [9.17, 15) is 0 Å². The van der Waals surface area contributed by atoms with E-state index in [4.69, 9.17) is 11.5 Å². The van der Waals surface area contributed by atoms with Crippen molar-refractivity contribution in [2.45, 2.75) is 38.5 Å². The molecule has 1 aliphatic carbocycles. The maximum Gasteiger partial charge on any atom is 0.220 e. The number of nitrogen functional groups attached to an aromatic ring is 1. The lowest BCUT2D eigenvalue weighted by molar-refractivity contribution is 0.707. The van der Waals surface area contributed by atoms with E-state index >= 15 is 0 Å². The van der Waals surface area contributed by atoms with Crippen molar-refractivity contribution < 1.29 is 0 Å². The van der Waals surface area contributed by atoms with Crippen LogP contribution >= 0.6 is 0 Å². The first-order chi connectivity index (χ1) is 7.31. The molecule has 1 aromatic heterocycles. The van der Waals surface area contributed by atoms with Crippen LogP contribution in [-0.4, -0.2) is 16.5 Å². The minimum atomic E-state index is 0.402. The average molecular weight is 206 g/mol. The molecular weight excluding hydrogens is 188 g/mol. The molecule has 4 nitrogen and oxygen atoms in total.